The average Bonchev–Trinajstić information content (AvgIpc) is 2.81. The predicted octanol–water partition coefficient (Wildman–Crippen LogP) is 2.53. The molecule has 2 N–H and O–H groups in total. The molecule has 5 nitrogen and oxygen atoms in total. The third-order valence-corrected chi connectivity index (χ3v) is 4.19. The molecule has 20 heavy (non-hydrogen) atoms. The average molecular weight is 302 g/mol. The van der Waals surface area contributed by atoms with Crippen LogP contribution < -0.4 is 5.73 Å². The summed E-state index contributed by atoms with van der Waals surface area (Å²) in [7, 11) is 0. The number of aromatic nitrogens is 2. The van der Waals surface area contributed by atoms with E-state index < -0.39 is 5.60 Å². The van der Waals surface area contributed by atoms with Gasteiger partial charge >= 0.3 is 0 Å². The SMILES string of the molecule is CCCn1ncc(Cl)c1C(N)C1(OCC)CCOCC1. The van der Waals surface area contributed by atoms with Crippen LogP contribution in [0.2, 0.25) is 5.02 Å². The van der Waals surface area contributed by atoms with E-state index in [0.717, 1.165) is 31.5 Å². The molecule has 0 spiro atoms. The maximum atomic E-state index is 6.54. The molecule has 0 bridgehead atoms. The first-order chi connectivity index (χ1) is 9.64. The van der Waals surface area contributed by atoms with Crippen LogP contribution in [0.4, 0.5) is 0 Å². The smallest absolute Gasteiger partial charge is 0.0933 e. The normalized spacial score (nSPS) is 20.0. The third-order valence-electron chi connectivity index (χ3n) is 3.90. The fourth-order valence-electron chi connectivity index (χ4n) is 2.87. The molecular weight excluding hydrogens is 278 g/mol. The summed E-state index contributed by atoms with van der Waals surface area (Å²) >= 11 is 6.31. The van der Waals surface area contributed by atoms with Crippen molar-refractivity contribution in [3.05, 3.63) is 16.9 Å². The quantitative estimate of drug-likeness (QED) is 0.877. The zero-order valence-corrected chi connectivity index (χ0v) is 13.0. The Morgan fingerprint density at radius 3 is 2.80 bits per heavy atom. The van der Waals surface area contributed by atoms with E-state index in [1.54, 1.807) is 6.20 Å². The van der Waals surface area contributed by atoms with Gasteiger partial charge in [0.15, 0.2) is 0 Å². The number of hydrogen-bond donors (Lipinski definition) is 1. The highest BCUT2D eigenvalue weighted by Gasteiger charge is 2.42. The van der Waals surface area contributed by atoms with E-state index in [-0.39, 0.29) is 6.04 Å². The van der Waals surface area contributed by atoms with Crippen molar-refractivity contribution in [2.75, 3.05) is 19.8 Å². The van der Waals surface area contributed by atoms with Gasteiger partial charge in [-0.3, -0.25) is 4.68 Å². The highest BCUT2D eigenvalue weighted by molar-refractivity contribution is 6.31. The minimum Gasteiger partial charge on any atom is -0.381 e. The first kappa shape index (κ1) is 15.8. The van der Waals surface area contributed by atoms with E-state index in [2.05, 4.69) is 12.0 Å². The van der Waals surface area contributed by atoms with E-state index in [4.69, 9.17) is 26.8 Å². The van der Waals surface area contributed by atoms with Gasteiger partial charge in [0.1, 0.15) is 0 Å². The van der Waals surface area contributed by atoms with Crippen molar-refractivity contribution in [1.82, 2.24) is 9.78 Å². The molecule has 1 fully saturated rings. The summed E-state index contributed by atoms with van der Waals surface area (Å²) in [6, 6.07) is -0.284. The van der Waals surface area contributed by atoms with Crippen LogP contribution in [0.25, 0.3) is 0 Å². The zero-order valence-electron chi connectivity index (χ0n) is 12.3. The maximum Gasteiger partial charge on any atom is 0.0933 e. The van der Waals surface area contributed by atoms with Crippen molar-refractivity contribution in [2.24, 2.45) is 5.73 Å². The zero-order chi connectivity index (χ0) is 14.6. The second-order valence-corrected chi connectivity index (χ2v) is 5.60. The van der Waals surface area contributed by atoms with Crippen molar-refractivity contribution < 1.29 is 9.47 Å². The fraction of sp³-hybridized carbons (Fsp3) is 0.786. The van der Waals surface area contributed by atoms with Crippen molar-refractivity contribution in [3.63, 3.8) is 0 Å². The van der Waals surface area contributed by atoms with E-state index >= 15 is 0 Å². The summed E-state index contributed by atoms with van der Waals surface area (Å²) in [6.07, 6.45) is 4.24. The lowest BCUT2D eigenvalue weighted by Gasteiger charge is -2.41. The molecule has 1 atom stereocenters. The molecule has 1 aromatic rings. The highest BCUT2D eigenvalue weighted by atomic mass is 35.5. The van der Waals surface area contributed by atoms with Gasteiger partial charge in [-0.2, -0.15) is 5.10 Å². The lowest BCUT2D eigenvalue weighted by molar-refractivity contribution is -0.122. The largest absolute Gasteiger partial charge is 0.381 e. The molecule has 2 rings (SSSR count). The second kappa shape index (κ2) is 6.89. The summed E-state index contributed by atoms with van der Waals surface area (Å²) in [5, 5.41) is 4.95. The lowest BCUT2D eigenvalue weighted by Crippen LogP contribution is -2.48. The lowest BCUT2D eigenvalue weighted by atomic mass is 9.84. The maximum absolute atomic E-state index is 6.54. The Hall–Kier alpha value is -0.620. The fourth-order valence-corrected chi connectivity index (χ4v) is 3.13. The van der Waals surface area contributed by atoms with Gasteiger partial charge in [0.05, 0.1) is 28.6 Å². The van der Waals surface area contributed by atoms with Crippen LogP contribution in [-0.4, -0.2) is 35.2 Å². The number of hydrogen-bond acceptors (Lipinski definition) is 4. The van der Waals surface area contributed by atoms with Crippen LogP contribution in [0.15, 0.2) is 6.20 Å². The minimum atomic E-state index is -0.401. The van der Waals surface area contributed by atoms with E-state index in [9.17, 15) is 0 Å². The highest BCUT2D eigenvalue weighted by Crippen LogP contribution is 2.38. The number of rotatable bonds is 6. The number of ether oxygens (including phenoxy) is 2. The molecule has 0 saturated carbocycles. The molecule has 1 saturated heterocycles. The Labute approximate surface area is 125 Å². The summed E-state index contributed by atoms with van der Waals surface area (Å²) in [4.78, 5) is 0. The van der Waals surface area contributed by atoms with E-state index in [1.807, 2.05) is 11.6 Å². The Morgan fingerprint density at radius 2 is 2.20 bits per heavy atom. The standard InChI is InChI=1S/C14H24ClN3O2/c1-3-7-18-12(11(15)10-17-18)13(16)14(20-4-2)5-8-19-9-6-14/h10,13H,3-9,16H2,1-2H3. The molecule has 0 aromatic carbocycles. The molecule has 0 aliphatic carbocycles. The first-order valence-electron chi connectivity index (χ1n) is 7.33. The number of nitrogens with zero attached hydrogens (tertiary/aromatic N) is 2. The molecule has 0 radical (unpaired) electrons. The second-order valence-electron chi connectivity index (χ2n) is 5.19. The van der Waals surface area contributed by atoms with Crippen LogP contribution in [-0.2, 0) is 16.0 Å². The number of halogens is 1. The Morgan fingerprint density at radius 1 is 1.50 bits per heavy atom. The van der Waals surface area contributed by atoms with E-state index in [0.29, 0.717) is 24.8 Å². The van der Waals surface area contributed by atoms with Gasteiger partial charge in [-0.05, 0) is 13.3 Å². The molecule has 114 valence electrons. The van der Waals surface area contributed by atoms with E-state index in [1.165, 1.54) is 0 Å². The Kier molecular flexibility index (Phi) is 5.43. The topological polar surface area (TPSA) is 62.3 Å². The Balaban J connectivity index is 2.31. The molecule has 1 aromatic heterocycles. The minimum absolute atomic E-state index is 0.284. The molecule has 1 aliphatic heterocycles. The summed E-state index contributed by atoms with van der Waals surface area (Å²) in [6.45, 7) is 6.90. The van der Waals surface area contributed by atoms with Crippen LogP contribution in [0.1, 0.15) is 44.8 Å². The molecule has 2 heterocycles. The number of aryl methyl sites for hydroxylation is 1. The molecule has 1 unspecified atom stereocenters. The van der Waals surface area contributed by atoms with Gasteiger partial charge in [0.25, 0.3) is 0 Å². The predicted molar refractivity (Wildman–Crippen MR) is 78.9 cm³/mol. The van der Waals surface area contributed by atoms with Gasteiger partial charge in [0, 0.05) is 39.2 Å². The van der Waals surface area contributed by atoms with Crippen LogP contribution >= 0.6 is 11.6 Å². The van der Waals surface area contributed by atoms with Crippen molar-refractivity contribution in [1.29, 1.82) is 0 Å². The Bertz CT molecular complexity index is 425. The van der Waals surface area contributed by atoms with Crippen LogP contribution in [0.3, 0.4) is 0 Å². The van der Waals surface area contributed by atoms with Gasteiger partial charge in [-0.1, -0.05) is 18.5 Å². The molecular formula is C14H24ClN3O2. The number of nitrogens with two attached hydrogens (primary N) is 1. The molecule has 0 amide bonds. The van der Waals surface area contributed by atoms with Crippen LogP contribution in [0.5, 0.6) is 0 Å². The van der Waals surface area contributed by atoms with Gasteiger partial charge in [0.2, 0.25) is 0 Å². The van der Waals surface area contributed by atoms with Crippen molar-refractivity contribution >= 4 is 11.6 Å². The van der Waals surface area contributed by atoms with Gasteiger partial charge in [-0.25, -0.2) is 0 Å². The summed E-state index contributed by atoms with van der Waals surface area (Å²) in [5.41, 5.74) is 7.02. The summed E-state index contributed by atoms with van der Waals surface area (Å²) in [5.74, 6) is 0. The third kappa shape index (κ3) is 3.01. The van der Waals surface area contributed by atoms with Gasteiger partial charge < -0.3 is 15.2 Å². The van der Waals surface area contributed by atoms with Crippen molar-refractivity contribution in [2.45, 2.75) is 51.3 Å². The van der Waals surface area contributed by atoms with Crippen LogP contribution in [0, 0.1) is 0 Å². The first-order valence-corrected chi connectivity index (χ1v) is 7.71. The molecule has 1 aliphatic rings. The monoisotopic (exact) mass is 301 g/mol. The van der Waals surface area contributed by atoms with Crippen molar-refractivity contribution in [3.8, 4) is 0 Å². The summed E-state index contributed by atoms with van der Waals surface area (Å²) < 4.78 is 13.4. The van der Waals surface area contributed by atoms with Gasteiger partial charge in [-0.15, -0.1) is 0 Å². The molecule has 6 heteroatoms.